The first kappa shape index (κ1) is 20.5. The highest BCUT2D eigenvalue weighted by molar-refractivity contribution is 8.14. The van der Waals surface area contributed by atoms with Crippen molar-refractivity contribution in [1.29, 1.82) is 0 Å². The summed E-state index contributed by atoms with van der Waals surface area (Å²) in [5, 5.41) is 3.70. The van der Waals surface area contributed by atoms with Crippen LogP contribution in [-0.4, -0.2) is 37.6 Å². The number of hydrogen-bond donors (Lipinski definition) is 2. The van der Waals surface area contributed by atoms with Crippen molar-refractivity contribution in [2.45, 2.75) is 17.7 Å². The van der Waals surface area contributed by atoms with Crippen molar-refractivity contribution < 1.29 is 8.78 Å². The van der Waals surface area contributed by atoms with E-state index in [1.54, 1.807) is 13.0 Å². The normalized spacial score (nSPS) is 23.5. The smallest absolute Gasteiger partial charge is 0.160 e. The lowest BCUT2D eigenvalue weighted by atomic mass is 9.88. The lowest BCUT2D eigenvalue weighted by Crippen LogP contribution is -2.38. The molecule has 1 unspecified atom stereocenters. The molecular weight excluding hydrogens is 430 g/mol. The van der Waals surface area contributed by atoms with E-state index >= 15 is 0 Å². The van der Waals surface area contributed by atoms with Crippen LogP contribution >= 0.6 is 23.4 Å². The zero-order valence-corrected chi connectivity index (χ0v) is 17.4. The summed E-state index contributed by atoms with van der Waals surface area (Å²) in [5.41, 5.74) is 6.65. The average molecular weight is 447 g/mol. The Labute approximate surface area is 180 Å². The molecule has 0 radical (unpaired) electrons. The minimum atomic E-state index is -1.46. The second-order valence-electron chi connectivity index (χ2n) is 6.82. The molecule has 0 aromatic carbocycles. The number of amidine groups is 1. The fraction of sp³-hybridized carbons (Fsp3) is 0.200. The monoisotopic (exact) mass is 446 g/mol. The van der Waals surface area contributed by atoms with Gasteiger partial charge < -0.3 is 11.1 Å². The van der Waals surface area contributed by atoms with Crippen LogP contribution in [0.2, 0.25) is 5.02 Å². The summed E-state index contributed by atoms with van der Waals surface area (Å²) in [5.74, 6) is -0.229. The molecule has 0 spiro atoms. The summed E-state index contributed by atoms with van der Waals surface area (Å²) in [6.07, 6.45) is 7.41. The van der Waals surface area contributed by atoms with Crippen LogP contribution in [0.15, 0.2) is 71.1 Å². The van der Waals surface area contributed by atoms with Gasteiger partial charge in [0.15, 0.2) is 11.0 Å². The Morgan fingerprint density at radius 3 is 2.97 bits per heavy atom. The van der Waals surface area contributed by atoms with Gasteiger partial charge in [-0.1, -0.05) is 36.0 Å². The van der Waals surface area contributed by atoms with Crippen molar-refractivity contribution in [2.24, 2.45) is 10.7 Å². The van der Waals surface area contributed by atoms with E-state index < -0.39 is 18.0 Å². The minimum Gasteiger partial charge on any atom is -0.378 e. The Balaban J connectivity index is 1.56. The van der Waals surface area contributed by atoms with Gasteiger partial charge in [0.1, 0.15) is 29.9 Å². The van der Waals surface area contributed by atoms with E-state index in [2.05, 4.69) is 31.8 Å². The Morgan fingerprint density at radius 1 is 1.40 bits per heavy atom. The molecule has 0 saturated heterocycles. The number of fused-ring (bicyclic) bond motifs is 2. The summed E-state index contributed by atoms with van der Waals surface area (Å²) in [4.78, 5) is 16.7. The molecule has 0 amide bonds. The predicted molar refractivity (Wildman–Crippen MR) is 118 cm³/mol. The zero-order valence-electron chi connectivity index (χ0n) is 15.9. The van der Waals surface area contributed by atoms with Gasteiger partial charge in [0.2, 0.25) is 0 Å². The largest absolute Gasteiger partial charge is 0.378 e. The molecule has 6 nitrogen and oxygen atoms in total. The summed E-state index contributed by atoms with van der Waals surface area (Å²) >= 11 is 7.26. The number of alkyl halides is 1. The maximum Gasteiger partial charge on any atom is 0.160 e. The third-order valence-corrected chi connectivity index (χ3v) is 5.96. The van der Waals surface area contributed by atoms with Crippen LogP contribution in [0.4, 0.5) is 14.6 Å². The number of nitrogens with zero attached hydrogens (tertiary/aromatic N) is 4. The molecule has 0 saturated carbocycles. The van der Waals surface area contributed by atoms with E-state index in [4.69, 9.17) is 17.3 Å². The molecule has 154 valence electrons. The molecule has 2 aliphatic rings. The molecule has 2 aromatic rings. The third-order valence-electron chi connectivity index (χ3n) is 4.77. The molecule has 2 atom stereocenters. The molecule has 3 heterocycles. The SMILES string of the molecule is C=C(/C(F)=C\C=C(/C)Nc1ncnc2cc(Cl)cnc12)[C@@]1(CF)N=C(N)SC2C=C21. The average Bonchev–Trinajstić information content (AvgIpc) is 3.50. The van der Waals surface area contributed by atoms with Gasteiger partial charge in [-0.05, 0) is 30.7 Å². The highest BCUT2D eigenvalue weighted by atomic mass is 35.5. The molecule has 10 heteroatoms. The van der Waals surface area contributed by atoms with Crippen LogP contribution in [0.1, 0.15) is 6.92 Å². The molecule has 0 fully saturated rings. The molecule has 30 heavy (non-hydrogen) atoms. The number of aromatic nitrogens is 3. The van der Waals surface area contributed by atoms with Crippen molar-refractivity contribution in [1.82, 2.24) is 15.0 Å². The number of anilines is 1. The number of pyridine rings is 1. The van der Waals surface area contributed by atoms with E-state index in [-0.39, 0.29) is 16.0 Å². The molecule has 4 rings (SSSR count). The predicted octanol–water partition coefficient (Wildman–Crippen LogP) is 4.48. The Hall–Kier alpha value is -2.78. The second kappa shape index (κ2) is 7.81. The fourth-order valence-electron chi connectivity index (χ4n) is 3.16. The zero-order chi connectivity index (χ0) is 21.5. The fourth-order valence-corrected chi connectivity index (χ4v) is 4.32. The van der Waals surface area contributed by atoms with Gasteiger partial charge in [0, 0.05) is 17.5 Å². The molecule has 0 bridgehead atoms. The third kappa shape index (κ3) is 3.70. The standard InChI is InChI=1S/C20H17ClF2N6S/c1-10(28-18-17-15(26-9-27-18)5-12(21)7-25-17)3-4-14(23)11(2)20(8-22)13-6-16(13)30-19(24)29-20/h3-7,9,16H,2,8H2,1H3,(H2,24,29)(H,26,27,28)/b10-3+,14-4+/t16?,20-/m1/s1. The maximum atomic E-state index is 14.9. The van der Waals surface area contributed by atoms with Crippen LogP contribution in [0.5, 0.6) is 0 Å². The molecule has 3 N–H and O–H groups in total. The van der Waals surface area contributed by atoms with Crippen molar-refractivity contribution in [3.8, 4) is 0 Å². The van der Waals surface area contributed by atoms with Gasteiger partial charge in [0.05, 0.1) is 15.8 Å². The summed E-state index contributed by atoms with van der Waals surface area (Å²) < 4.78 is 28.8. The number of allylic oxidation sites excluding steroid dienone is 3. The van der Waals surface area contributed by atoms with Crippen molar-refractivity contribution in [3.05, 3.63) is 71.1 Å². The number of hydrogen-bond acceptors (Lipinski definition) is 7. The van der Waals surface area contributed by atoms with E-state index in [1.807, 2.05) is 6.08 Å². The maximum absolute atomic E-state index is 14.9. The Bertz CT molecular complexity index is 1180. The Kier molecular flexibility index (Phi) is 5.33. The first-order chi connectivity index (χ1) is 14.3. The van der Waals surface area contributed by atoms with Gasteiger partial charge in [-0.2, -0.15) is 0 Å². The van der Waals surface area contributed by atoms with Crippen LogP contribution in [0.25, 0.3) is 11.0 Å². The first-order valence-electron chi connectivity index (χ1n) is 8.91. The first-order valence-corrected chi connectivity index (χ1v) is 10.2. The number of halogens is 3. The lowest BCUT2D eigenvalue weighted by molar-refractivity contribution is 0.385. The lowest BCUT2D eigenvalue weighted by Gasteiger charge is -2.30. The van der Waals surface area contributed by atoms with Crippen molar-refractivity contribution in [2.75, 3.05) is 12.0 Å². The van der Waals surface area contributed by atoms with Gasteiger partial charge in [-0.25, -0.2) is 28.7 Å². The van der Waals surface area contributed by atoms with E-state index in [0.717, 1.165) is 0 Å². The molecule has 1 aliphatic carbocycles. The summed E-state index contributed by atoms with van der Waals surface area (Å²) in [6, 6.07) is 1.67. The van der Waals surface area contributed by atoms with Crippen molar-refractivity contribution >= 4 is 45.4 Å². The highest BCUT2D eigenvalue weighted by Crippen LogP contribution is 2.51. The van der Waals surface area contributed by atoms with Crippen molar-refractivity contribution in [3.63, 3.8) is 0 Å². The van der Waals surface area contributed by atoms with Crippen LogP contribution < -0.4 is 11.1 Å². The highest BCUT2D eigenvalue weighted by Gasteiger charge is 2.51. The van der Waals surface area contributed by atoms with Gasteiger partial charge in [-0.3, -0.25) is 0 Å². The minimum absolute atomic E-state index is 0.0335. The van der Waals surface area contributed by atoms with Crippen LogP contribution in [0, 0.1) is 0 Å². The van der Waals surface area contributed by atoms with E-state index in [1.165, 1.54) is 36.4 Å². The van der Waals surface area contributed by atoms with Gasteiger partial charge in [-0.15, -0.1) is 0 Å². The number of rotatable bonds is 6. The molecule has 2 aromatic heterocycles. The number of thioether (sulfide) groups is 1. The van der Waals surface area contributed by atoms with Gasteiger partial charge in [0.25, 0.3) is 0 Å². The number of nitrogens with one attached hydrogen (secondary N) is 1. The number of aliphatic imine (C=N–C) groups is 1. The van der Waals surface area contributed by atoms with E-state index in [0.29, 0.717) is 33.1 Å². The van der Waals surface area contributed by atoms with Gasteiger partial charge >= 0.3 is 0 Å². The quantitative estimate of drug-likeness (QED) is 0.502. The number of nitrogens with two attached hydrogens (primary N) is 1. The van der Waals surface area contributed by atoms with Crippen LogP contribution in [0.3, 0.4) is 0 Å². The van der Waals surface area contributed by atoms with E-state index in [9.17, 15) is 8.78 Å². The summed E-state index contributed by atoms with van der Waals surface area (Å²) in [7, 11) is 0. The molecular formula is C20H17ClF2N6S. The topological polar surface area (TPSA) is 89.1 Å². The Morgan fingerprint density at radius 2 is 2.20 bits per heavy atom. The van der Waals surface area contributed by atoms with Crippen LogP contribution in [-0.2, 0) is 0 Å². The molecule has 1 aliphatic heterocycles. The summed E-state index contributed by atoms with van der Waals surface area (Å²) in [6.45, 7) is 4.58. The second-order valence-corrected chi connectivity index (χ2v) is 8.41.